The van der Waals surface area contributed by atoms with Crippen LogP contribution in [0.1, 0.15) is 27.2 Å². The number of allylic oxidation sites excluding steroid dienone is 3. The molecule has 0 aromatic heterocycles. The number of carbonyl (C=O) groups is 1. The fourth-order valence-electron chi connectivity index (χ4n) is 0.975. The topological polar surface area (TPSA) is 63.2 Å². The summed E-state index contributed by atoms with van der Waals surface area (Å²) in [5.74, 6) is -0.585. The van der Waals surface area contributed by atoms with Crippen molar-refractivity contribution < 1.29 is 13.2 Å². The van der Waals surface area contributed by atoms with Gasteiger partial charge in [0.05, 0.1) is 5.75 Å². The highest BCUT2D eigenvalue weighted by atomic mass is 32.2. The van der Waals surface area contributed by atoms with Crippen LogP contribution in [0.15, 0.2) is 24.3 Å². The number of nitrogens with one attached hydrogen (secondary N) is 1. The van der Waals surface area contributed by atoms with Gasteiger partial charge in [0.15, 0.2) is 0 Å². The highest BCUT2D eigenvalue weighted by Crippen LogP contribution is 2.03. The molecule has 92 valence electrons. The van der Waals surface area contributed by atoms with Crippen molar-refractivity contribution in [3.05, 3.63) is 24.3 Å². The van der Waals surface area contributed by atoms with Crippen LogP contribution in [0.5, 0.6) is 0 Å². The normalized spacial score (nSPS) is 14.4. The minimum Gasteiger partial charge on any atom is -0.269 e. The number of carbonyl (C=O) groups excluding carboxylic acids is 1. The quantitative estimate of drug-likeness (QED) is 0.571. The predicted molar refractivity (Wildman–Crippen MR) is 65.3 cm³/mol. The first-order chi connectivity index (χ1) is 7.41. The van der Waals surface area contributed by atoms with Crippen molar-refractivity contribution in [1.29, 1.82) is 0 Å². The van der Waals surface area contributed by atoms with Gasteiger partial charge in [-0.1, -0.05) is 38.5 Å². The first kappa shape index (κ1) is 14.9. The van der Waals surface area contributed by atoms with Crippen molar-refractivity contribution in [2.75, 3.05) is 5.75 Å². The van der Waals surface area contributed by atoms with Gasteiger partial charge in [-0.15, -0.1) is 0 Å². The van der Waals surface area contributed by atoms with E-state index < -0.39 is 15.9 Å². The molecule has 0 aliphatic heterocycles. The Kier molecular flexibility index (Phi) is 6.72. The standard InChI is InChI=1S/C11H19NO3S/c1-4-6-7-8-11(13)12-16(14,15)9-10(3)5-2/h4,6-8,10H,5,9H2,1-3H3,(H,12,13)/b6-4+,8-7+/t10-/m0/s1. The molecule has 1 amide bonds. The maximum atomic E-state index is 11.5. The van der Waals surface area contributed by atoms with Gasteiger partial charge in [0.25, 0.3) is 5.91 Å². The first-order valence-electron chi connectivity index (χ1n) is 5.25. The number of hydrogen-bond acceptors (Lipinski definition) is 3. The molecule has 0 aliphatic carbocycles. The van der Waals surface area contributed by atoms with E-state index in [9.17, 15) is 13.2 Å². The molecule has 0 unspecified atom stereocenters. The number of hydrogen-bond donors (Lipinski definition) is 1. The van der Waals surface area contributed by atoms with Crippen LogP contribution in [0.2, 0.25) is 0 Å². The van der Waals surface area contributed by atoms with Crippen molar-refractivity contribution >= 4 is 15.9 Å². The summed E-state index contributed by atoms with van der Waals surface area (Å²) in [4.78, 5) is 11.2. The van der Waals surface area contributed by atoms with Gasteiger partial charge in [0.2, 0.25) is 10.0 Å². The summed E-state index contributed by atoms with van der Waals surface area (Å²) in [5, 5.41) is 0. The van der Waals surface area contributed by atoms with Crippen LogP contribution in [-0.2, 0) is 14.8 Å². The third kappa shape index (κ3) is 7.23. The van der Waals surface area contributed by atoms with Gasteiger partial charge in [-0.2, -0.15) is 0 Å². The second-order valence-corrected chi connectivity index (χ2v) is 5.41. The Balaban J connectivity index is 4.32. The Morgan fingerprint density at radius 2 is 2.00 bits per heavy atom. The molecular formula is C11H19NO3S. The molecule has 0 radical (unpaired) electrons. The molecule has 0 spiro atoms. The number of sulfonamides is 1. The fourth-order valence-corrected chi connectivity index (χ4v) is 2.42. The molecule has 0 heterocycles. The average Bonchev–Trinajstić information content (AvgIpc) is 2.16. The molecule has 0 aromatic carbocycles. The zero-order valence-corrected chi connectivity index (χ0v) is 10.8. The lowest BCUT2D eigenvalue weighted by molar-refractivity contribution is -0.114. The minimum absolute atomic E-state index is 0.0211. The molecule has 0 saturated carbocycles. The lowest BCUT2D eigenvalue weighted by atomic mass is 10.2. The Hall–Kier alpha value is -1.10. The van der Waals surface area contributed by atoms with Crippen LogP contribution in [0.4, 0.5) is 0 Å². The van der Waals surface area contributed by atoms with E-state index in [1.165, 1.54) is 12.2 Å². The molecule has 0 saturated heterocycles. The molecule has 0 fully saturated rings. The molecule has 0 rings (SSSR count). The molecular weight excluding hydrogens is 226 g/mol. The molecule has 1 atom stereocenters. The second-order valence-electron chi connectivity index (χ2n) is 3.65. The molecule has 0 aliphatic rings. The van der Waals surface area contributed by atoms with Crippen LogP contribution < -0.4 is 4.72 Å². The van der Waals surface area contributed by atoms with E-state index in [0.717, 1.165) is 6.42 Å². The van der Waals surface area contributed by atoms with E-state index in [1.807, 2.05) is 25.5 Å². The van der Waals surface area contributed by atoms with Gasteiger partial charge in [0.1, 0.15) is 0 Å². The van der Waals surface area contributed by atoms with E-state index in [4.69, 9.17) is 0 Å². The van der Waals surface area contributed by atoms with Crippen molar-refractivity contribution in [3.8, 4) is 0 Å². The van der Waals surface area contributed by atoms with Crippen LogP contribution in [-0.4, -0.2) is 20.1 Å². The number of amides is 1. The Labute approximate surface area is 97.5 Å². The van der Waals surface area contributed by atoms with E-state index in [1.54, 1.807) is 12.2 Å². The molecule has 0 aromatic rings. The second kappa shape index (κ2) is 7.22. The van der Waals surface area contributed by atoms with Gasteiger partial charge in [-0.25, -0.2) is 13.1 Å². The van der Waals surface area contributed by atoms with Crippen LogP contribution >= 0.6 is 0 Å². The predicted octanol–water partition coefficient (Wildman–Crippen LogP) is 1.61. The molecule has 0 bridgehead atoms. The minimum atomic E-state index is -3.50. The third-order valence-electron chi connectivity index (χ3n) is 2.01. The summed E-state index contributed by atoms with van der Waals surface area (Å²) in [5.41, 5.74) is 0. The summed E-state index contributed by atoms with van der Waals surface area (Å²) >= 11 is 0. The molecule has 5 heteroatoms. The van der Waals surface area contributed by atoms with Crippen molar-refractivity contribution in [1.82, 2.24) is 4.72 Å². The largest absolute Gasteiger partial charge is 0.269 e. The van der Waals surface area contributed by atoms with Gasteiger partial charge >= 0.3 is 0 Å². The van der Waals surface area contributed by atoms with E-state index in [0.29, 0.717) is 0 Å². The Morgan fingerprint density at radius 1 is 1.38 bits per heavy atom. The van der Waals surface area contributed by atoms with Gasteiger partial charge < -0.3 is 0 Å². The fraction of sp³-hybridized carbons (Fsp3) is 0.545. The monoisotopic (exact) mass is 245 g/mol. The molecule has 1 N–H and O–H groups in total. The lowest BCUT2D eigenvalue weighted by Gasteiger charge is -2.09. The van der Waals surface area contributed by atoms with Gasteiger partial charge in [-0.3, -0.25) is 4.79 Å². The summed E-state index contributed by atoms with van der Waals surface area (Å²) in [6, 6.07) is 0. The SMILES string of the molecule is C/C=C/C=C/C(=O)NS(=O)(=O)C[C@@H](C)CC. The van der Waals surface area contributed by atoms with Crippen molar-refractivity contribution in [3.63, 3.8) is 0 Å². The average molecular weight is 245 g/mol. The lowest BCUT2D eigenvalue weighted by Crippen LogP contribution is -2.33. The zero-order chi connectivity index (χ0) is 12.6. The highest BCUT2D eigenvalue weighted by molar-refractivity contribution is 7.90. The van der Waals surface area contributed by atoms with Crippen molar-refractivity contribution in [2.24, 2.45) is 5.92 Å². The van der Waals surface area contributed by atoms with Gasteiger partial charge in [0, 0.05) is 6.08 Å². The summed E-state index contributed by atoms with van der Waals surface area (Å²) in [6.07, 6.45) is 6.85. The summed E-state index contributed by atoms with van der Waals surface area (Å²) < 4.78 is 24.9. The van der Waals surface area contributed by atoms with Gasteiger partial charge in [-0.05, 0) is 12.8 Å². The zero-order valence-electron chi connectivity index (χ0n) is 9.93. The Bertz CT molecular complexity index is 369. The molecule has 4 nitrogen and oxygen atoms in total. The smallest absolute Gasteiger partial charge is 0.257 e. The van der Waals surface area contributed by atoms with Crippen LogP contribution in [0, 0.1) is 5.92 Å². The molecule has 16 heavy (non-hydrogen) atoms. The van der Waals surface area contributed by atoms with E-state index in [2.05, 4.69) is 0 Å². The third-order valence-corrected chi connectivity index (χ3v) is 3.53. The maximum Gasteiger partial charge on any atom is 0.257 e. The van der Waals surface area contributed by atoms with Crippen molar-refractivity contribution in [2.45, 2.75) is 27.2 Å². The van der Waals surface area contributed by atoms with Crippen LogP contribution in [0.3, 0.4) is 0 Å². The van der Waals surface area contributed by atoms with Crippen LogP contribution in [0.25, 0.3) is 0 Å². The highest BCUT2D eigenvalue weighted by Gasteiger charge is 2.15. The summed E-state index contributed by atoms with van der Waals surface area (Å²) in [7, 11) is -3.50. The first-order valence-corrected chi connectivity index (χ1v) is 6.90. The van der Waals surface area contributed by atoms with E-state index in [-0.39, 0.29) is 11.7 Å². The Morgan fingerprint density at radius 3 is 2.50 bits per heavy atom. The number of rotatable bonds is 6. The maximum absolute atomic E-state index is 11.5. The van der Waals surface area contributed by atoms with E-state index >= 15 is 0 Å². The summed E-state index contributed by atoms with van der Waals surface area (Å²) in [6.45, 7) is 5.55.